The fraction of sp³-hybridized carbons (Fsp3) is 0.227. The molecule has 0 aliphatic carbocycles. The molecule has 3 N–H and O–H groups in total. The molecule has 1 heterocycles. The van der Waals surface area contributed by atoms with Crippen molar-refractivity contribution in [2.75, 3.05) is 6.61 Å². The van der Waals surface area contributed by atoms with Crippen LogP contribution in [0.3, 0.4) is 0 Å². The number of aliphatic hydroxyl groups excluding tert-OH is 2. The van der Waals surface area contributed by atoms with Crippen LogP contribution in [0.15, 0.2) is 53.5 Å². The topological polar surface area (TPSA) is 78.0 Å². The van der Waals surface area contributed by atoms with Crippen molar-refractivity contribution in [3.05, 3.63) is 81.1 Å². The van der Waals surface area contributed by atoms with E-state index in [-0.39, 0.29) is 12.4 Å². The van der Waals surface area contributed by atoms with Gasteiger partial charge in [-0.1, -0.05) is 35.3 Å². The van der Waals surface area contributed by atoms with E-state index in [2.05, 4.69) is 4.99 Å². The molecule has 0 fully saturated rings. The van der Waals surface area contributed by atoms with E-state index in [1.807, 2.05) is 24.5 Å². The van der Waals surface area contributed by atoms with Gasteiger partial charge in [0.2, 0.25) is 0 Å². The first kappa shape index (κ1) is 21.4. The van der Waals surface area contributed by atoms with Gasteiger partial charge in [-0.15, -0.1) is 0 Å². The molecule has 29 heavy (non-hydrogen) atoms. The standard InChI is InChI=1S/C22H22Cl2N2O3/c1-13-8-16(14(2)26(13)21-10-17(23)6-7-19(21)24)11-25-20(12-27)22(29)15-4-3-5-18(28)9-15/h3-11,20,22,27-29H,12H2,1-2H3/t20-,22+/m1/s1. The van der Waals surface area contributed by atoms with Gasteiger partial charge in [0.1, 0.15) is 17.9 Å². The van der Waals surface area contributed by atoms with Crippen molar-refractivity contribution in [3.63, 3.8) is 0 Å². The third-order valence-electron chi connectivity index (χ3n) is 4.79. The molecule has 3 rings (SSSR count). The van der Waals surface area contributed by atoms with E-state index in [4.69, 9.17) is 23.2 Å². The quantitative estimate of drug-likeness (QED) is 0.497. The minimum Gasteiger partial charge on any atom is -0.508 e. The third kappa shape index (κ3) is 4.65. The van der Waals surface area contributed by atoms with Crippen LogP contribution in [0.4, 0.5) is 0 Å². The zero-order chi connectivity index (χ0) is 21.1. The number of phenols is 1. The van der Waals surface area contributed by atoms with E-state index in [1.54, 1.807) is 36.5 Å². The van der Waals surface area contributed by atoms with E-state index in [9.17, 15) is 15.3 Å². The second-order valence-corrected chi connectivity index (χ2v) is 7.67. The Morgan fingerprint density at radius 2 is 1.86 bits per heavy atom. The molecule has 0 amide bonds. The van der Waals surface area contributed by atoms with Crippen molar-refractivity contribution in [3.8, 4) is 11.4 Å². The van der Waals surface area contributed by atoms with E-state index >= 15 is 0 Å². The van der Waals surface area contributed by atoms with Gasteiger partial charge in [0.05, 0.1) is 17.3 Å². The molecule has 2 aromatic carbocycles. The normalized spacial score (nSPS) is 13.7. The number of aromatic nitrogens is 1. The van der Waals surface area contributed by atoms with Gasteiger partial charge in [0.25, 0.3) is 0 Å². The maximum Gasteiger partial charge on any atom is 0.115 e. The van der Waals surface area contributed by atoms with Crippen LogP contribution in [-0.4, -0.2) is 38.8 Å². The number of aliphatic hydroxyl groups is 2. The number of hydrogen-bond donors (Lipinski definition) is 3. The molecule has 0 unspecified atom stereocenters. The van der Waals surface area contributed by atoms with Crippen LogP contribution in [0.5, 0.6) is 5.75 Å². The van der Waals surface area contributed by atoms with Crippen molar-refractivity contribution >= 4 is 29.4 Å². The maximum absolute atomic E-state index is 10.5. The smallest absolute Gasteiger partial charge is 0.115 e. The zero-order valence-electron chi connectivity index (χ0n) is 16.0. The lowest BCUT2D eigenvalue weighted by Gasteiger charge is -2.17. The monoisotopic (exact) mass is 432 g/mol. The van der Waals surface area contributed by atoms with E-state index in [0.29, 0.717) is 15.6 Å². The highest BCUT2D eigenvalue weighted by atomic mass is 35.5. The molecular weight excluding hydrogens is 411 g/mol. The van der Waals surface area contributed by atoms with Crippen LogP contribution in [0.2, 0.25) is 10.0 Å². The van der Waals surface area contributed by atoms with Crippen molar-refractivity contribution in [2.45, 2.75) is 26.0 Å². The van der Waals surface area contributed by atoms with Crippen LogP contribution < -0.4 is 0 Å². The Morgan fingerprint density at radius 3 is 2.55 bits per heavy atom. The van der Waals surface area contributed by atoms with Crippen LogP contribution in [0.25, 0.3) is 5.69 Å². The number of nitrogens with zero attached hydrogens (tertiary/aromatic N) is 2. The van der Waals surface area contributed by atoms with E-state index in [0.717, 1.165) is 22.6 Å². The number of aromatic hydroxyl groups is 1. The predicted octanol–water partition coefficient (Wildman–Crippen LogP) is 4.62. The molecule has 0 radical (unpaired) electrons. The Labute approximate surface area is 179 Å². The van der Waals surface area contributed by atoms with Gasteiger partial charge in [-0.25, -0.2) is 0 Å². The molecule has 0 spiro atoms. The molecule has 2 atom stereocenters. The lowest BCUT2D eigenvalue weighted by atomic mass is 10.0. The summed E-state index contributed by atoms with van der Waals surface area (Å²) in [5, 5.41) is 31.0. The first-order chi connectivity index (χ1) is 13.8. The summed E-state index contributed by atoms with van der Waals surface area (Å²) in [4.78, 5) is 4.39. The minimum atomic E-state index is -1.05. The highest BCUT2D eigenvalue weighted by Gasteiger charge is 2.20. The Kier molecular flexibility index (Phi) is 6.65. The number of aryl methyl sites for hydroxylation is 1. The third-order valence-corrected chi connectivity index (χ3v) is 5.34. The predicted molar refractivity (Wildman–Crippen MR) is 117 cm³/mol. The van der Waals surface area contributed by atoms with Crippen molar-refractivity contribution in [2.24, 2.45) is 4.99 Å². The lowest BCUT2D eigenvalue weighted by molar-refractivity contribution is 0.110. The van der Waals surface area contributed by atoms with Crippen molar-refractivity contribution in [1.29, 1.82) is 0 Å². The molecule has 0 saturated heterocycles. The highest BCUT2D eigenvalue weighted by Crippen LogP contribution is 2.29. The second kappa shape index (κ2) is 9.01. The van der Waals surface area contributed by atoms with E-state index < -0.39 is 12.1 Å². The summed E-state index contributed by atoms with van der Waals surface area (Å²) in [7, 11) is 0. The summed E-state index contributed by atoms with van der Waals surface area (Å²) in [6.07, 6.45) is 0.582. The van der Waals surface area contributed by atoms with Gasteiger partial charge >= 0.3 is 0 Å². The molecule has 0 aliphatic rings. The Morgan fingerprint density at radius 1 is 1.10 bits per heavy atom. The van der Waals surface area contributed by atoms with Crippen molar-refractivity contribution < 1.29 is 15.3 Å². The average molecular weight is 433 g/mol. The first-order valence-electron chi connectivity index (χ1n) is 9.07. The Balaban J connectivity index is 1.91. The Hall–Kier alpha value is -2.31. The summed E-state index contributed by atoms with van der Waals surface area (Å²) in [5.74, 6) is 0.0455. The van der Waals surface area contributed by atoms with Gasteiger partial charge in [0, 0.05) is 28.2 Å². The largest absolute Gasteiger partial charge is 0.508 e. The van der Waals surface area contributed by atoms with Crippen LogP contribution >= 0.6 is 23.2 Å². The highest BCUT2D eigenvalue weighted by molar-refractivity contribution is 6.34. The molecule has 152 valence electrons. The van der Waals surface area contributed by atoms with E-state index in [1.165, 1.54) is 12.1 Å². The van der Waals surface area contributed by atoms with Crippen LogP contribution in [0.1, 0.15) is 28.6 Å². The Bertz CT molecular complexity index is 1050. The number of benzene rings is 2. The molecule has 1 aromatic heterocycles. The molecule has 0 saturated carbocycles. The van der Waals surface area contributed by atoms with Gasteiger partial charge < -0.3 is 19.9 Å². The number of rotatable bonds is 6. The molecule has 7 heteroatoms. The molecular formula is C22H22Cl2N2O3. The number of phenolic OH excluding ortho intramolecular Hbond substituents is 1. The molecule has 5 nitrogen and oxygen atoms in total. The van der Waals surface area contributed by atoms with Gasteiger partial charge in [0.15, 0.2) is 0 Å². The van der Waals surface area contributed by atoms with Gasteiger partial charge in [-0.2, -0.15) is 0 Å². The molecule has 0 bridgehead atoms. The summed E-state index contributed by atoms with van der Waals surface area (Å²) < 4.78 is 1.98. The summed E-state index contributed by atoms with van der Waals surface area (Å²) in [5.41, 5.74) is 3.94. The van der Waals surface area contributed by atoms with Crippen LogP contribution in [0, 0.1) is 13.8 Å². The van der Waals surface area contributed by atoms with Crippen LogP contribution in [-0.2, 0) is 0 Å². The molecule has 3 aromatic rings. The summed E-state index contributed by atoms with van der Waals surface area (Å²) in [6.45, 7) is 3.55. The SMILES string of the molecule is Cc1cc(C=N[C@H](CO)[C@@H](O)c2cccc(O)c2)c(C)n1-c1cc(Cl)ccc1Cl. The summed E-state index contributed by atoms with van der Waals surface area (Å²) in [6, 6.07) is 12.7. The molecule has 0 aliphatic heterocycles. The summed E-state index contributed by atoms with van der Waals surface area (Å²) >= 11 is 12.5. The van der Waals surface area contributed by atoms with Crippen molar-refractivity contribution in [1.82, 2.24) is 4.57 Å². The fourth-order valence-corrected chi connectivity index (χ4v) is 3.65. The number of halogens is 2. The number of hydrogen-bond acceptors (Lipinski definition) is 4. The fourth-order valence-electron chi connectivity index (χ4n) is 3.28. The van der Waals surface area contributed by atoms with Gasteiger partial charge in [-0.05, 0) is 55.8 Å². The first-order valence-corrected chi connectivity index (χ1v) is 9.82. The second-order valence-electron chi connectivity index (χ2n) is 6.83. The zero-order valence-corrected chi connectivity index (χ0v) is 17.6. The minimum absolute atomic E-state index is 0.0455. The maximum atomic E-state index is 10.5. The lowest BCUT2D eigenvalue weighted by Crippen LogP contribution is -2.21. The average Bonchev–Trinajstić information content (AvgIpc) is 2.97. The van der Waals surface area contributed by atoms with Gasteiger partial charge in [-0.3, -0.25) is 4.99 Å². The number of aliphatic imine (C=N–C) groups is 1.